The number of benzene rings is 1. The molecule has 2 aliphatic heterocycles. The predicted octanol–water partition coefficient (Wildman–Crippen LogP) is 6.98. The van der Waals surface area contributed by atoms with Gasteiger partial charge in [-0.15, -0.1) is 0 Å². The number of carbonyl (C=O) groups excluding carboxylic acids is 1. The standard InChI is InChI=1S/C30H40ClNO3/c1-5-8-25-26-16-23(31)11-10-22(26)15-21(2)20-35-29(25)19-32(4)27(17-24-9-6-7-14-34-24)28(33)18-30(3)12-13-30/h5,8,10-11,16,19,21,24,27H,1,6-7,9,12-15,17-18,20H2,2-4H3/b25-8?,29-19+. The molecule has 1 saturated heterocycles. The van der Waals surface area contributed by atoms with E-state index in [1.54, 1.807) is 6.08 Å². The summed E-state index contributed by atoms with van der Waals surface area (Å²) in [5, 5.41) is 0.694. The van der Waals surface area contributed by atoms with E-state index in [2.05, 4.69) is 31.4 Å². The van der Waals surface area contributed by atoms with Crippen LogP contribution in [0.25, 0.3) is 5.57 Å². The molecule has 0 amide bonds. The molecule has 35 heavy (non-hydrogen) atoms. The number of likely N-dealkylation sites (N-methyl/N-ethyl adjacent to an activating group) is 1. The van der Waals surface area contributed by atoms with Crippen molar-refractivity contribution in [2.45, 2.75) is 77.4 Å². The van der Waals surface area contributed by atoms with Gasteiger partial charge in [0.25, 0.3) is 0 Å². The monoisotopic (exact) mass is 497 g/mol. The van der Waals surface area contributed by atoms with E-state index in [4.69, 9.17) is 21.1 Å². The maximum Gasteiger partial charge on any atom is 0.155 e. The largest absolute Gasteiger partial charge is 0.491 e. The van der Waals surface area contributed by atoms with Crippen LogP contribution < -0.4 is 0 Å². The highest BCUT2D eigenvalue weighted by atomic mass is 35.5. The fourth-order valence-corrected chi connectivity index (χ4v) is 5.39. The SMILES string of the molecule is C=CC=C1/C(=C\N(C)C(CC2CCCCO2)C(=O)CC2(C)CC2)OCC(C)Cc2ccc(Cl)cc21. The van der Waals surface area contributed by atoms with E-state index in [-0.39, 0.29) is 17.6 Å². The average molecular weight is 498 g/mol. The minimum Gasteiger partial charge on any atom is -0.491 e. The molecule has 0 N–H and O–H groups in total. The molecule has 2 heterocycles. The first kappa shape index (κ1) is 26.0. The average Bonchev–Trinajstić information content (AvgIpc) is 3.56. The van der Waals surface area contributed by atoms with E-state index in [1.165, 1.54) is 12.0 Å². The van der Waals surface area contributed by atoms with Crippen LogP contribution in [-0.4, -0.2) is 43.1 Å². The highest BCUT2D eigenvalue weighted by Gasteiger charge is 2.41. The lowest BCUT2D eigenvalue weighted by Gasteiger charge is -2.33. The Morgan fingerprint density at radius 3 is 2.83 bits per heavy atom. The van der Waals surface area contributed by atoms with Gasteiger partial charge in [0.15, 0.2) is 5.78 Å². The second-order valence-corrected chi connectivity index (χ2v) is 11.5. The number of allylic oxidation sites excluding steroid dienone is 3. The Bertz CT molecular complexity index is 987. The van der Waals surface area contributed by atoms with Gasteiger partial charge in [-0.25, -0.2) is 0 Å². The van der Waals surface area contributed by atoms with Crippen molar-refractivity contribution in [2.75, 3.05) is 20.3 Å². The fourth-order valence-electron chi connectivity index (χ4n) is 5.22. The van der Waals surface area contributed by atoms with E-state index in [9.17, 15) is 4.79 Å². The lowest BCUT2D eigenvalue weighted by molar-refractivity contribution is -0.126. The first-order valence-corrected chi connectivity index (χ1v) is 13.5. The topological polar surface area (TPSA) is 38.8 Å². The zero-order valence-electron chi connectivity index (χ0n) is 21.5. The quantitative estimate of drug-likeness (QED) is 0.388. The number of ketones is 1. The van der Waals surface area contributed by atoms with Crippen LogP contribution in [0.4, 0.5) is 0 Å². The summed E-state index contributed by atoms with van der Waals surface area (Å²) in [7, 11) is 2.00. The number of hydrogen-bond donors (Lipinski definition) is 0. The maximum atomic E-state index is 13.6. The molecule has 0 bridgehead atoms. The van der Waals surface area contributed by atoms with Crippen molar-refractivity contribution < 1.29 is 14.3 Å². The number of hydrogen-bond acceptors (Lipinski definition) is 4. The van der Waals surface area contributed by atoms with Gasteiger partial charge in [-0.05, 0) is 73.1 Å². The molecule has 3 aliphatic rings. The normalized spacial score (nSPS) is 26.7. The third kappa shape index (κ3) is 6.80. The molecule has 2 fully saturated rings. The first-order chi connectivity index (χ1) is 16.8. The second kappa shape index (κ2) is 11.3. The molecular formula is C30H40ClNO3. The summed E-state index contributed by atoms with van der Waals surface area (Å²) < 4.78 is 12.4. The van der Waals surface area contributed by atoms with Crippen LogP contribution in [-0.2, 0) is 20.7 Å². The molecule has 1 aromatic rings. The van der Waals surface area contributed by atoms with Crippen molar-refractivity contribution in [3.63, 3.8) is 0 Å². The first-order valence-electron chi connectivity index (χ1n) is 13.1. The smallest absolute Gasteiger partial charge is 0.155 e. The van der Waals surface area contributed by atoms with Gasteiger partial charge >= 0.3 is 0 Å². The van der Waals surface area contributed by atoms with Gasteiger partial charge in [-0.3, -0.25) is 4.79 Å². The van der Waals surface area contributed by atoms with E-state index in [0.717, 1.165) is 55.6 Å². The fraction of sp³-hybridized carbons (Fsp3) is 0.567. The van der Waals surface area contributed by atoms with E-state index < -0.39 is 0 Å². The summed E-state index contributed by atoms with van der Waals surface area (Å²) in [5.74, 6) is 1.41. The number of fused-ring (bicyclic) bond motifs is 1. The third-order valence-corrected chi connectivity index (χ3v) is 7.89. The number of halogens is 1. The van der Waals surface area contributed by atoms with Crippen molar-refractivity contribution in [3.8, 4) is 0 Å². The summed E-state index contributed by atoms with van der Waals surface area (Å²) in [6.07, 6.45) is 13.8. The van der Waals surface area contributed by atoms with Crippen molar-refractivity contribution in [1.82, 2.24) is 4.90 Å². The number of nitrogens with zero attached hydrogens (tertiary/aromatic N) is 1. The summed E-state index contributed by atoms with van der Waals surface area (Å²) in [6, 6.07) is 5.83. The molecule has 3 unspecified atom stereocenters. The number of ether oxygens (including phenoxy) is 2. The van der Waals surface area contributed by atoms with Gasteiger partial charge < -0.3 is 14.4 Å². The minimum atomic E-state index is -0.238. The summed E-state index contributed by atoms with van der Waals surface area (Å²) in [4.78, 5) is 15.6. The Balaban J connectivity index is 1.67. The highest BCUT2D eigenvalue weighted by molar-refractivity contribution is 6.30. The van der Waals surface area contributed by atoms with Gasteiger partial charge in [-0.2, -0.15) is 0 Å². The van der Waals surface area contributed by atoms with Crippen LogP contribution in [0, 0.1) is 11.3 Å². The molecule has 0 spiro atoms. The Morgan fingerprint density at radius 1 is 1.34 bits per heavy atom. The van der Waals surface area contributed by atoms with Crippen LogP contribution in [0.2, 0.25) is 5.02 Å². The number of Topliss-reactive ketones (excluding diaryl/α,β-unsaturated/α-hetero) is 1. The minimum absolute atomic E-state index is 0.131. The zero-order valence-corrected chi connectivity index (χ0v) is 22.3. The molecule has 1 aromatic carbocycles. The van der Waals surface area contributed by atoms with Gasteiger partial charge in [-0.1, -0.05) is 50.2 Å². The van der Waals surface area contributed by atoms with Gasteiger partial charge in [0.2, 0.25) is 0 Å². The van der Waals surface area contributed by atoms with Crippen molar-refractivity contribution in [1.29, 1.82) is 0 Å². The van der Waals surface area contributed by atoms with Gasteiger partial charge in [0.05, 0.1) is 18.8 Å². The van der Waals surface area contributed by atoms with Crippen molar-refractivity contribution in [2.24, 2.45) is 11.3 Å². The van der Waals surface area contributed by atoms with Crippen LogP contribution >= 0.6 is 11.6 Å². The molecule has 3 atom stereocenters. The molecular weight excluding hydrogens is 458 g/mol. The van der Waals surface area contributed by atoms with E-state index in [1.807, 2.05) is 31.5 Å². The molecule has 1 saturated carbocycles. The predicted molar refractivity (Wildman–Crippen MR) is 143 cm³/mol. The summed E-state index contributed by atoms with van der Waals surface area (Å²) >= 11 is 6.41. The Labute approximate surface area is 216 Å². The Kier molecular flexibility index (Phi) is 8.44. The highest BCUT2D eigenvalue weighted by Crippen LogP contribution is 2.48. The lowest BCUT2D eigenvalue weighted by Crippen LogP contribution is -2.40. The molecule has 0 aromatic heterocycles. The molecule has 190 valence electrons. The van der Waals surface area contributed by atoms with Crippen LogP contribution in [0.3, 0.4) is 0 Å². The third-order valence-electron chi connectivity index (χ3n) is 7.65. The van der Waals surface area contributed by atoms with Crippen LogP contribution in [0.1, 0.15) is 69.9 Å². The lowest BCUT2D eigenvalue weighted by atomic mass is 9.90. The van der Waals surface area contributed by atoms with E-state index in [0.29, 0.717) is 36.2 Å². The summed E-state index contributed by atoms with van der Waals surface area (Å²) in [6.45, 7) is 9.77. The maximum absolute atomic E-state index is 13.6. The Morgan fingerprint density at radius 2 is 2.14 bits per heavy atom. The Hall–Kier alpha value is -2.04. The van der Waals surface area contributed by atoms with Crippen LogP contribution in [0.5, 0.6) is 0 Å². The van der Waals surface area contributed by atoms with E-state index >= 15 is 0 Å². The second-order valence-electron chi connectivity index (χ2n) is 11.1. The van der Waals surface area contributed by atoms with Crippen LogP contribution in [0.15, 0.2) is 48.9 Å². The molecule has 5 heteroatoms. The molecule has 4 rings (SSSR count). The summed E-state index contributed by atoms with van der Waals surface area (Å²) in [5.41, 5.74) is 3.43. The molecule has 1 aliphatic carbocycles. The van der Waals surface area contributed by atoms with Gasteiger partial charge in [0, 0.05) is 43.3 Å². The van der Waals surface area contributed by atoms with Crippen molar-refractivity contribution in [3.05, 3.63) is 65.0 Å². The molecule has 0 radical (unpaired) electrons. The molecule has 4 nitrogen and oxygen atoms in total. The van der Waals surface area contributed by atoms with Crippen molar-refractivity contribution >= 4 is 23.0 Å². The number of rotatable bonds is 8. The number of carbonyl (C=O) groups is 1. The van der Waals surface area contributed by atoms with Gasteiger partial charge in [0.1, 0.15) is 5.76 Å². The zero-order chi connectivity index (χ0) is 25.0.